The highest BCUT2D eigenvalue weighted by atomic mass is 79.9. The van der Waals surface area contributed by atoms with Crippen molar-refractivity contribution in [3.63, 3.8) is 0 Å². The molecule has 2 aromatic rings. The second-order valence-electron chi connectivity index (χ2n) is 6.55. The highest BCUT2D eigenvalue weighted by molar-refractivity contribution is 9.10. The molecule has 1 aliphatic rings. The smallest absolute Gasteiger partial charge is 0.335 e. The molecule has 160 valence electrons. The molecule has 1 amide bonds. The average Bonchev–Trinajstić information content (AvgIpc) is 3.13. The molecule has 0 spiro atoms. The van der Waals surface area contributed by atoms with Gasteiger partial charge in [-0.15, -0.1) is 0 Å². The summed E-state index contributed by atoms with van der Waals surface area (Å²) < 4.78 is 67.8. The van der Waals surface area contributed by atoms with Gasteiger partial charge in [-0.3, -0.25) is 14.2 Å². The van der Waals surface area contributed by atoms with Crippen molar-refractivity contribution in [3.8, 4) is 0 Å². The molecule has 1 saturated heterocycles. The quantitative estimate of drug-likeness (QED) is 0.637. The van der Waals surface area contributed by atoms with Crippen LogP contribution in [0.15, 0.2) is 15.6 Å². The van der Waals surface area contributed by atoms with Crippen molar-refractivity contribution in [1.29, 1.82) is 0 Å². The third-order valence-electron chi connectivity index (χ3n) is 4.79. The fourth-order valence-corrected chi connectivity index (χ4v) is 5.40. The van der Waals surface area contributed by atoms with E-state index in [4.69, 9.17) is 0 Å². The number of nitrogens with zero attached hydrogens (tertiary/aromatic N) is 6. The summed E-state index contributed by atoms with van der Waals surface area (Å²) in [6.45, 7) is 1.75. The number of halogens is 4. The summed E-state index contributed by atoms with van der Waals surface area (Å²) >= 11 is 2.82. The Morgan fingerprint density at radius 1 is 1.14 bits per heavy atom. The van der Waals surface area contributed by atoms with Crippen LogP contribution in [0.2, 0.25) is 0 Å². The van der Waals surface area contributed by atoms with Crippen LogP contribution in [0, 0.1) is 6.92 Å². The van der Waals surface area contributed by atoms with E-state index in [1.165, 1.54) is 27.1 Å². The first-order valence-electron chi connectivity index (χ1n) is 8.43. The minimum atomic E-state index is -4.70. The number of amides is 1. The highest BCUT2D eigenvalue weighted by Gasteiger charge is 2.41. The Bertz CT molecular complexity index is 1050. The molecule has 0 aliphatic carbocycles. The number of rotatable bonds is 3. The van der Waals surface area contributed by atoms with Gasteiger partial charge in [-0.1, -0.05) is 0 Å². The van der Waals surface area contributed by atoms with Crippen molar-refractivity contribution in [2.45, 2.75) is 18.0 Å². The second kappa shape index (κ2) is 7.40. The maximum Gasteiger partial charge on any atom is 0.436 e. The maximum atomic E-state index is 13.0. The van der Waals surface area contributed by atoms with Crippen molar-refractivity contribution < 1.29 is 26.4 Å². The standard InChI is InChI=1S/C15H18BrF3N6O3S/c1-9-10(8-20-22(9)2)29(27,28)25-6-4-24(5-7-25)14(26)12-11(16)13(15(17,18)19)21-23(12)3/h8H,4-7H2,1-3H3. The van der Waals surface area contributed by atoms with Gasteiger partial charge in [-0.25, -0.2) is 8.42 Å². The van der Waals surface area contributed by atoms with Gasteiger partial charge in [0.25, 0.3) is 5.91 Å². The van der Waals surface area contributed by atoms with Gasteiger partial charge in [-0.05, 0) is 22.9 Å². The molecular formula is C15H18BrF3N6O3S. The Kier molecular flexibility index (Phi) is 5.55. The van der Waals surface area contributed by atoms with E-state index in [2.05, 4.69) is 26.1 Å². The van der Waals surface area contributed by atoms with Crippen LogP contribution in [0.25, 0.3) is 0 Å². The summed E-state index contributed by atoms with van der Waals surface area (Å²) in [4.78, 5) is 14.1. The number of alkyl halides is 3. The number of aromatic nitrogens is 4. The lowest BCUT2D eigenvalue weighted by molar-refractivity contribution is -0.142. The second-order valence-corrected chi connectivity index (χ2v) is 9.25. The monoisotopic (exact) mass is 498 g/mol. The normalized spacial score (nSPS) is 16.4. The summed E-state index contributed by atoms with van der Waals surface area (Å²) in [7, 11) is -0.901. The van der Waals surface area contributed by atoms with Crippen LogP contribution in [0.3, 0.4) is 0 Å². The first kappa shape index (κ1) is 21.8. The van der Waals surface area contributed by atoms with Crippen LogP contribution >= 0.6 is 15.9 Å². The maximum absolute atomic E-state index is 13.0. The van der Waals surface area contributed by atoms with E-state index in [1.54, 1.807) is 14.0 Å². The zero-order valence-corrected chi connectivity index (χ0v) is 18.1. The number of hydrogen-bond donors (Lipinski definition) is 0. The Labute approximate surface area is 173 Å². The molecule has 0 unspecified atom stereocenters. The lowest BCUT2D eigenvalue weighted by Crippen LogP contribution is -2.50. The van der Waals surface area contributed by atoms with E-state index >= 15 is 0 Å². The zero-order chi connectivity index (χ0) is 21.7. The van der Waals surface area contributed by atoms with E-state index in [0.717, 1.165) is 4.68 Å². The molecule has 1 aliphatic heterocycles. The van der Waals surface area contributed by atoms with Crippen molar-refractivity contribution in [2.24, 2.45) is 14.1 Å². The predicted molar refractivity (Wildman–Crippen MR) is 98.5 cm³/mol. The van der Waals surface area contributed by atoms with Gasteiger partial charge in [0, 0.05) is 40.3 Å². The molecule has 0 radical (unpaired) electrons. The first-order chi connectivity index (χ1) is 13.4. The van der Waals surface area contributed by atoms with Gasteiger partial charge in [-0.2, -0.15) is 27.7 Å². The molecule has 29 heavy (non-hydrogen) atoms. The molecule has 3 heterocycles. The van der Waals surface area contributed by atoms with Crippen LogP contribution in [-0.2, 0) is 30.3 Å². The molecule has 9 nitrogen and oxygen atoms in total. The largest absolute Gasteiger partial charge is 0.436 e. The molecule has 2 aromatic heterocycles. The SMILES string of the molecule is Cc1c(S(=O)(=O)N2CCN(C(=O)c3c(Br)c(C(F)(F)F)nn3C)CC2)cnn1C. The molecular weight excluding hydrogens is 481 g/mol. The Hall–Kier alpha value is -1.93. The molecule has 0 atom stereocenters. The van der Waals surface area contributed by atoms with Crippen molar-refractivity contribution in [2.75, 3.05) is 26.2 Å². The van der Waals surface area contributed by atoms with Gasteiger partial charge in [0.1, 0.15) is 10.6 Å². The van der Waals surface area contributed by atoms with E-state index in [9.17, 15) is 26.4 Å². The van der Waals surface area contributed by atoms with Gasteiger partial charge in [0.05, 0.1) is 16.4 Å². The fourth-order valence-electron chi connectivity index (χ4n) is 3.06. The number of piperazine rings is 1. The number of carbonyl (C=O) groups excluding carboxylic acids is 1. The van der Waals surface area contributed by atoms with Gasteiger partial charge in [0.2, 0.25) is 10.0 Å². The fraction of sp³-hybridized carbons (Fsp3) is 0.533. The molecule has 0 N–H and O–H groups in total. The molecule has 0 saturated carbocycles. The summed E-state index contributed by atoms with van der Waals surface area (Å²) in [6, 6.07) is 0. The zero-order valence-electron chi connectivity index (χ0n) is 15.7. The van der Waals surface area contributed by atoms with Crippen molar-refractivity contribution in [1.82, 2.24) is 28.8 Å². The summed E-state index contributed by atoms with van der Waals surface area (Å²) in [6.07, 6.45) is -3.43. The van der Waals surface area contributed by atoms with E-state index in [-0.39, 0.29) is 36.8 Å². The summed E-state index contributed by atoms with van der Waals surface area (Å²) in [5.74, 6) is -0.656. The topological polar surface area (TPSA) is 93.3 Å². The summed E-state index contributed by atoms with van der Waals surface area (Å²) in [5.41, 5.74) is -0.935. The van der Waals surface area contributed by atoms with E-state index in [1.807, 2.05) is 0 Å². The van der Waals surface area contributed by atoms with Gasteiger partial charge >= 0.3 is 6.18 Å². The predicted octanol–water partition coefficient (Wildman–Crippen LogP) is 1.39. The number of hydrogen-bond acceptors (Lipinski definition) is 5. The molecule has 0 bridgehead atoms. The van der Waals surface area contributed by atoms with Gasteiger partial charge in [0.15, 0.2) is 5.69 Å². The van der Waals surface area contributed by atoms with Crippen LogP contribution in [0.4, 0.5) is 13.2 Å². The first-order valence-corrected chi connectivity index (χ1v) is 10.7. The average molecular weight is 499 g/mol. The molecule has 0 aromatic carbocycles. The van der Waals surface area contributed by atoms with Crippen LogP contribution in [0.1, 0.15) is 21.9 Å². The molecule has 14 heteroatoms. The van der Waals surface area contributed by atoms with E-state index in [0.29, 0.717) is 5.69 Å². The number of aryl methyl sites for hydroxylation is 2. The third kappa shape index (κ3) is 3.80. The Morgan fingerprint density at radius 3 is 2.17 bits per heavy atom. The number of carbonyl (C=O) groups is 1. The summed E-state index contributed by atoms with van der Waals surface area (Å²) in [5, 5.41) is 7.33. The Morgan fingerprint density at radius 2 is 1.72 bits per heavy atom. The van der Waals surface area contributed by atoms with Crippen LogP contribution in [0.5, 0.6) is 0 Å². The molecule has 3 rings (SSSR count). The Balaban J connectivity index is 1.77. The van der Waals surface area contributed by atoms with E-state index < -0.39 is 32.3 Å². The highest BCUT2D eigenvalue weighted by Crippen LogP contribution is 2.36. The lowest BCUT2D eigenvalue weighted by atomic mass is 10.2. The van der Waals surface area contributed by atoms with Crippen molar-refractivity contribution in [3.05, 3.63) is 27.8 Å². The number of sulfonamides is 1. The van der Waals surface area contributed by atoms with Crippen LogP contribution < -0.4 is 0 Å². The minimum absolute atomic E-state index is 0.0179. The third-order valence-corrected chi connectivity index (χ3v) is 7.55. The molecule has 1 fully saturated rings. The van der Waals surface area contributed by atoms with Crippen molar-refractivity contribution >= 4 is 31.9 Å². The minimum Gasteiger partial charge on any atom is -0.335 e. The van der Waals surface area contributed by atoms with Gasteiger partial charge < -0.3 is 4.90 Å². The van der Waals surface area contributed by atoms with Crippen LogP contribution in [-0.4, -0.2) is 69.3 Å². The lowest BCUT2D eigenvalue weighted by Gasteiger charge is -2.33.